The maximum Gasteiger partial charge on any atom is 0.324 e. The van der Waals surface area contributed by atoms with E-state index < -0.39 is 9.15 Å². The second-order valence-corrected chi connectivity index (χ2v) is 5.27. The van der Waals surface area contributed by atoms with Gasteiger partial charge >= 0.3 is 9.15 Å². The van der Waals surface area contributed by atoms with Crippen molar-refractivity contribution in [3.05, 3.63) is 24.3 Å². The molecule has 0 bridgehead atoms. The van der Waals surface area contributed by atoms with Crippen LogP contribution >= 0.6 is 10.8 Å². The molecular weight excluding hydrogens is 198 g/mol. The normalized spacial score (nSPS) is 11.4. The van der Waals surface area contributed by atoms with Gasteiger partial charge in [-0.15, -0.1) is 0 Å². The molecular formula is C6H7NO3S2. The van der Waals surface area contributed by atoms with Gasteiger partial charge < -0.3 is 5.73 Å². The summed E-state index contributed by atoms with van der Waals surface area (Å²) in [5.74, 6) is 0. The van der Waals surface area contributed by atoms with Crippen molar-refractivity contribution in [3.63, 3.8) is 0 Å². The molecule has 0 aliphatic heterocycles. The van der Waals surface area contributed by atoms with Crippen LogP contribution < -0.4 is 5.73 Å². The summed E-state index contributed by atoms with van der Waals surface area (Å²) in [6, 6.07) is 6.41. The van der Waals surface area contributed by atoms with Gasteiger partial charge in [-0.05, 0) is 12.1 Å². The highest BCUT2D eigenvalue weighted by Crippen LogP contribution is 2.27. The van der Waals surface area contributed by atoms with Crippen molar-refractivity contribution in [2.24, 2.45) is 0 Å². The molecule has 0 radical (unpaired) electrons. The summed E-state index contributed by atoms with van der Waals surface area (Å²) in [5, 5.41) is 0. The number of hydrogen-bond acceptors (Lipinski definition) is 4. The minimum absolute atomic E-state index is 0.330. The quantitative estimate of drug-likeness (QED) is 0.430. The maximum absolute atomic E-state index is 10.4. The van der Waals surface area contributed by atoms with Gasteiger partial charge in [-0.3, -0.25) is 4.55 Å². The standard InChI is InChI=1S/C6H7NO3S2/c7-5-3-1-2-4-6(5)11-12(8,9)10/h1-4H,7H2,(H,8,9,10). The molecule has 1 aromatic carbocycles. The lowest BCUT2D eigenvalue weighted by Gasteiger charge is -2.00. The van der Waals surface area contributed by atoms with Crippen LogP contribution in [0.15, 0.2) is 29.2 Å². The number of anilines is 1. The summed E-state index contributed by atoms with van der Waals surface area (Å²) >= 11 is 0. The first-order valence-electron chi connectivity index (χ1n) is 3.00. The molecule has 0 saturated heterocycles. The molecule has 0 atom stereocenters. The molecule has 0 unspecified atom stereocenters. The first kappa shape index (κ1) is 9.37. The first-order valence-corrected chi connectivity index (χ1v) is 5.78. The van der Waals surface area contributed by atoms with Crippen LogP contribution in [0.3, 0.4) is 0 Å². The summed E-state index contributed by atoms with van der Waals surface area (Å²) in [4.78, 5) is 0.333. The zero-order valence-corrected chi connectivity index (χ0v) is 7.60. The predicted octanol–water partition coefficient (Wildman–Crippen LogP) is 1.16. The molecule has 4 nitrogen and oxygen atoms in total. The monoisotopic (exact) mass is 205 g/mol. The van der Waals surface area contributed by atoms with Crippen molar-refractivity contribution in [3.8, 4) is 0 Å². The molecule has 0 amide bonds. The molecule has 12 heavy (non-hydrogen) atoms. The Morgan fingerprint density at radius 3 is 2.42 bits per heavy atom. The Kier molecular flexibility index (Phi) is 2.61. The Hall–Kier alpha value is -0.720. The lowest BCUT2D eigenvalue weighted by Crippen LogP contribution is -1.92. The molecule has 6 heteroatoms. The van der Waals surface area contributed by atoms with Crippen LogP contribution in [-0.4, -0.2) is 13.0 Å². The Morgan fingerprint density at radius 1 is 1.33 bits per heavy atom. The van der Waals surface area contributed by atoms with Crippen molar-refractivity contribution < 1.29 is 13.0 Å². The Balaban J connectivity index is 2.98. The van der Waals surface area contributed by atoms with E-state index in [1.165, 1.54) is 6.07 Å². The van der Waals surface area contributed by atoms with Gasteiger partial charge in [-0.25, -0.2) is 0 Å². The highest BCUT2D eigenvalue weighted by atomic mass is 33.1. The van der Waals surface area contributed by atoms with E-state index in [0.29, 0.717) is 21.4 Å². The van der Waals surface area contributed by atoms with Crippen LogP contribution in [0.2, 0.25) is 0 Å². The van der Waals surface area contributed by atoms with Crippen molar-refractivity contribution in [1.29, 1.82) is 0 Å². The number of nitrogens with two attached hydrogens (primary N) is 1. The van der Waals surface area contributed by atoms with E-state index in [0.717, 1.165) is 0 Å². The third-order valence-electron chi connectivity index (χ3n) is 1.11. The van der Waals surface area contributed by atoms with Gasteiger partial charge in [0.25, 0.3) is 0 Å². The van der Waals surface area contributed by atoms with Gasteiger partial charge in [0.15, 0.2) is 0 Å². The van der Waals surface area contributed by atoms with Crippen molar-refractivity contribution >= 4 is 25.6 Å². The second kappa shape index (κ2) is 3.34. The number of para-hydroxylation sites is 1. The van der Waals surface area contributed by atoms with Crippen molar-refractivity contribution in [2.75, 3.05) is 5.73 Å². The average Bonchev–Trinajstić information content (AvgIpc) is 1.91. The number of benzene rings is 1. The Bertz CT molecular complexity index is 374. The summed E-state index contributed by atoms with van der Waals surface area (Å²) in [5.41, 5.74) is 5.76. The molecule has 1 rings (SSSR count). The number of rotatable bonds is 2. The van der Waals surface area contributed by atoms with Crippen molar-refractivity contribution in [2.45, 2.75) is 4.90 Å². The van der Waals surface area contributed by atoms with Gasteiger partial charge in [0.2, 0.25) is 0 Å². The zero-order valence-electron chi connectivity index (χ0n) is 5.97. The highest BCUT2D eigenvalue weighted by molar-refractivity contribution is 8.70. The fraction of sp³-hybridized carbons (Fsp3) is 0. The zero-order chi connectivity index (χ0) is 9.19. The van der Waals surface area contributed by atoms with E-state index in [1.807, 2.05) is 0 Å². The SMILES string of the molecule is Nc1ccccc1SS(=O)(=O)O. The smallest absolute Gasteiger partial charge is 0.324 e. The molecule has 0 aromatic heterocycles. The van der Waals surface area contributed by atoms with Gasteiger partial charge in [-0.1, -0.05) is 12.1 Å². The fourth-order valence-corrected chi connectivity index (χ4v) is 2.33. The van der Waals surface area contributed by atoms with E-state index in [2.05, 4.69) is 0 Å². The topological polar surface area (TPSA) is 80.4 Å². The molecule has 0 fully saturated rings. The van der Waals surface area contributed by atoms with Crippen LogP contribution in [0.4, 0.5) is 5.69 Å². The predicted molar refractivity (Wildman–Crippen MR) is 48.3 cm³/mol. The molecule has 3 N–H and O–H groups in total. The Labute approximate surface area is 73.9 Å². The van der Waals surface area contributed by atoms with Crippen LogP contribution in [0.5, 0.6) is 0 Å². The lowest BCUT2D eigenvalue weighted by molar-refractivity contribution is 0.503. The molecule has 0 aliphatic rings. The summed E-state index contributed by atoms with van der Waals surface area (Å²) in [6.07, 6.45) is 0. The average molecular weight is 205 g/mol. The molecule has 0 spiro atoms. The van der Waals surface area contributed by atoms with Crippen molar-refractivity contribution in [1.82, 2.24) is 0 Å². The van der Waals surface area contributed by atoms with Gasteiger partial charge in [0.05, 0.1) is 0 Å². The first-order chi connectivity index (χ1) is 5.49. The summed E-state index contributed by atoms with van der Waals surface area (Å²) in [7, 11) is -3.73. The maximum atomic E-state index is 10.4. The van der Waals surface area contributed by atoms with E-state index >= 15 is 0 Å². The molecule has 0 saturated carbocycles. The van der Waals surface area contributed by atoms with E-state index in [4.69, 9.17) is 10.3 Å². The van der Waals surface area contributed by atoms with E-state index in [1.54, 1.807) is 18.2 Å². The fourth-order valence-electron chi connectivity index (χ4n) is 0.670. The summed E-state index contributed by atoms with van der Waals surface area (Å²) in [6.45, 7) is 0. The molecule has 0 aliphatic carbocycles. The second-order valence-electron chi connectivity index (χ2n) is 2.05. The van der Waals surface area contributed by atoms with E-state index in [9.17, 15) is 8.42 Å². The number of nitrogen functional groups attached to an aromatic ring is 1. The van der Waals surface area contributed by atoms with Gasteiger partial charge in [-0.2, -0.15) is 8.42 Å². The van der Waals surface area contributed by atoms with Crippen LogP contribution in [-0.2, 0) is 9.15 Å². The molecule has 1 aromatic rings. The van der Waals surface area contributed by atoms with Gasteiger partial charge in [0, 0.05) is 21.4 Å². The number of hydrogen-bond donors (Lipinski definition) is 2. The van der Waals surface area contributed by atoms with Gasteiger partial charge in [0.1, 0.15) is 0 Å². The minimum atomic E-state index is -4.06. The van der Waals surface area contributed by atoms with Crippen LogP contribution in [0.1, 0.15) is 0 Å². The van der Waals surface area contributed by atoms with Crippen LogP contribution in [0, 0.1) is 0 Å². The molecule has 66 valence electrons. The lowest BCUT2D eigenvalue weighted by atomic mass is 10.3. The third-order valence-corrected chi connectivity index (χ3v) is 3.05. The van der Waals surface area contributed by atoms with E-state index in [-0.39, 0.29) is 0 Å². The summed E-state index contributed by atoms with van der Waals surface area (Å²) < 4.78 is 29.3. The Morgan fingerprint density at radius 2 is 1.92 bits per heavy atom. The third kappa shape index (κ3) is 2.72. The largest absolute Gasteiger partial charge is 0.398 e. The minimum Gasteiger partial charge on any atom is -0.398 e. The molecule has 0 heterocycles. The highest BCUT2D eigenvalue weighted by Gasteiger charge is 2.09. The van der Waals surface area contributed by atoms with Crippen LogP contribution in [0.25, 0.3) is 0 Å².